The van der Waals surface area contributed by atoms with Gasteiger partial charge in [-0.1, -0.05) is 61.5 Å². The monoisotopic (exact) mass is 1070 g/mol. The van der Waals surface area contributed by atoms with E-state index in [1.54, 1.807) is 46.6 Å². The Hall–Kier alpha value is -4.78. The van der Waals surface area contributed by atoms with Crippen LogP contribution >= 0.6 is 11.3 Å². The number of aliphatic hydroxyl groups is 1. The predicted molar refractivity (Wildman–Crippen MR) is 280 cm³/mol. The van der Waals surface area contributed by atoms with Crippen LogP contribution in [0.4, 0.5) is 5.82 Å². The number of likely N-dealkylation sites (tertiary alicyclic amines) is 2. The number of allylic oxidation sites excluding steroid dienone is 2. The second-order valence-corrected chi connectivity index (χ2v) is 20.0. The van der Waals surface area contributed by atoms with Crippen molar-refractivity contribution in [1.29, 1.82) is 0 Å². The van der Waals surface area contributed by atoms with Gasteiger partial charge in [-0.3, -0.25) is 9.59 Å². The van der Waals surface area contributed by atoms with Gasteiger partial charge in [-0.15, -0.1) is 31.0 Å². The van der Waals surface area contributed by atoms with Gasteiger partial charge in [-0.05, 0) is 114 Å². The van der Waals surface area contributed by atoms with E-state index in [4.69, 9.17) is 21.7 Å². The van der Waals surface area contributed by atoms with Crippen LogP contribution < -0.4 is 27.4 Å². The number of carbonyl (C=O) groups is 2. The summed E-state index contributed by atoms with van der Waals surface area (Å²) in [6, 6.07) is 16.4. The molecule has 0 aliphatic carbocycles. The van der Waals surface area contributed by atoms with Gasteiger partial charge in [0.2, 0.25) is 11.8 Å². The fourth-order valence-corrected chi connectivity index (χ4v) is 10.5. The zero-order chi connectivity index (χ0) is 50.3. The molecule has 2 aromatic heterocycles. The second kappa shape index (κ2) is 27.9. The van der Waals surface area contributed by atoms with Crippen molar-refractivity contribution in [3.8, 4) is 16.2 Å². The van der Waals surface area contributed by atoms with Crippen LogP contribution in [0.2, 0.25) is 0 Å². The number of phenols is 1. The maximum atomic E-state index is 14.1. The number of anilines is 1. The van der Waals surface area contributed by atoms with Crippen LogP contribution in [-0.4, -0.2) is 124 Å². The number of benzene rings is 2. The summed E-state index contributed by atoms with van der Waals surface area (Å²) in [5.41, 5.74) is 24.2. The number of hydrogen-bond donors (Lipinski definition) is 6. The van der Waals surface area contributed by atoms with E-state index in [0.717, 1.165) is 119 Å². The van der Waals surface area contributed by atoms with E-state index in [-0.39, 0.29) is 74.2 Å². The number of nitrogens with one attached hydrogen (secondary N) is 1. The van der Waals surface area contributed by atoms with Crippen molar-refractivity contribution in [2.24, 2.45) is 29.0 Å². The smallest absolute Gasteiger partial charge is 0.243 e. The Bertz CT molecular complexity index is 2360. The molecule has 2 aromatic carbocycles. The van der Waals surface area contributed by atoms with Crippen molar-refractivity contribution in [3.05, 3.63) is 118 Å². The summed E-state index contributed by atoms with van der Waals surface area (Å²) in [6.07, 6.45) is 8.69. The quantitative estimate of drug-likeness (QED) is 0.0584. The Morgan fingerprint density at radius 3 is 2.23 bits per heavy atom. The predicted octanol–water partition coefficient (Wildman–Crippen LogP) is 7.05. The van der Waals surface area contributed by atoms with Crippen molar-refractivity contribution in [2.75, 3.05) is 70.3 Å². The summed E-state index contributed by atoms with van der Waals surface area (Å²) >= 11 is 1.62. The zero-order valence-electron chi connectivity index (χ0n) is 42.4. The molecule has 6 heterocycles. The van der Waals surface area contributed by atoms with Crippen molar-refractivity contribution in [3.63, 3.8) is 0 Å². The third kappa shape index (κ3) is 15.6. The third-order valence-electron chi connectivity index (χ3n) is 13.6. The summed E-state index contributed by atoms with van der Waals surface area (Å²) in [5, 5.41) is 31.5. The first-order valence-corrected chi connectivity index (χ1v) is 25.8. The molecule has 3 atom stereocenters. The summed E-state index contributed by atoms with van der Waals surface area (Å²) in [6.45, 7) is 21.8. The van der Waals surface area contributed by atoms with Crippen LogP contribution in [0.5, 0.6) is 5.75 Å². The van der Waals surface area contributed by atoms with Gasteiger partial charge in [0, 0.05) is 89.3 Å². The van der Waals surface area contributed by atoms with Crippen LogP contribution in [0.3, 0.4) is 0 Å². The molecule has 4 aromatic rings. The number of nitrogens with zero attached hydrogens (tertiary/aromatic N) is 7. The SMILES string of the molecule is C=CC.Cc1ncsc1-c1ccc(C(C)NC(=O)C2CCCN2C(=O)C(c2cc(N3CCC(CN4CCC(O)CC4)CC3)no2)C(C)C)cc1.NC(N)=C(/C=C(\N)c1ccccc1O)N1CC[N-]CC1.[Y]. The van der Waals surface area contributed by atoms with Crippen LogP contribution in [0, 0.1) is 18.8 Å². The molecule has 4 fully saturated rings. The van der Waals surface area contributed by atoms with E-state index < -0.39 is 12.0 Å². The third-order valence-corrected chi connectivity index (χ3v) is 14.6. The molecule has 383 valence electrons. The number of aliphatic hydroxyl groups excluding tert-OH is 1. The van der Waals surface area contributed by atoms with E-state index in [1.165, 1.54) is 0 Å². The number of piperazine rings is 1. The minimum atomic E-state index is -0.505. The Balaban J connectivity index is 0.000000326. The molecule has 4 saturated heterocycles. The summed E-state index contributed by atoms with van der Waals surface area (Å²) < 4.78 is 5.87. The van der Waals surface area contributed by atoms with E-state index in [0.29, 0.717) is 41.6 Å². The first-order valence-electron chi connectivity index (χ1n) is 24.9. The molecule has 71 heavy (non-hydrogen) atoms. The van der Waals surface area contributed by atoms with Crippen LogP contribution in [0.15, 0.2) is 94.9 Å². The van der Waals surface area contributed by atoms with E-state index in [9.17, 15) is 19.8 Å². The molecule has 8 rings (SSSR count). The number of rotatable bonds is 13. The fourth-order valence-electron chi connectivity index (χ4n) is 9.65. The number of carbonyl (C=O) groups excluding carboxylic acids is 2. The minimum absolute atomic E-state index is 0. The molecular formula is C53H76N11O5SY-. The Morgan fingerprint density at radius 2 is 1.62 bits per heavy atom. The number of hydrogen-bond acceptors (Lipinski definition) is 14. The molecular weight excluding hydrogens is 992 g/mol. The number of piperidine rings is 2. The number of phenolic OH excluding ortho intramolecular Hbond substituents is 1. The molecule has 0 spiro atoms. The maximum absolute atomic E-state index is 14.1. The Morgan fingerprint density at radius 1 is 0.958 bits per heavy atom. The average Bonchev–Trinajstić information content (AvgIpc) is 4.15. The molecule has 18 heteroatoms. The summed E-state index contributed by atoms with van der Waals surface area (Å²) in [4.78, 5) is 41.8. The van der Waals surface area contributed by atoms with Crippen LogP contribution in [-0.2, 0) is 42.3 Å². The normalized spacial score (nSPS) is 18.8. The van der Waals surface area contributed by atoms with E-state index >= 15 is 0 Å². The van der Waals surface area contributed by atoms with Crippen molar-refractivity contribution >= 4 is 34.7 Å². The van der Waals surface area contributed by atoms with Crippen LogP contribution in [0.1, 0.15) is 101 Å². The summed E-state index contributed by atoms with van der Waals surface area (Å²) in [5.74, 6) is 1.65. The molecule has 4 aliphatic heterocycles. The van der Waals surface area contributed by atoms with Crippen molar-refractivity contribution < 1.29 is 57.0 Å². The summed E-state index contributed by atoms with van der Waals surface area (Å²) in [7, 11) is 0. The number of aromatic hydroxyl groups is 1. The van der Waals surface area contributed by atoms with E-state index in [1.807, 2.05) is 52.3 Å². The van der Waals surface area contributed by atoms with Crippen LogP contribution in [0.25, 0.3) is 21.5 Å². The largest absolute Gasteiger partial charge is 0.659 e. The molecule has 4 aliphatic rings. The van der Waals surface area contributed by atoms with Gasteiger partial charge in [0.1, 0.15) is 23.5 Å². The molecule has 2 amide bonds. The van der Waals surface area contributed by atoms with Gasteiger partial charge in [-0.2, -0.15) is 0 Å². The zero-order valence-corrected chi connectivity index (χ0v) is 46.0. The minimum Gasteiger partial charge on any atom is -0.659 e. The molecule has 1 radical (unpaired) electrons. The maximum Gasteiger partial charge on any atom is 0.243 e. The van der Waals surface area contributed by atoms with Gasteiger partial charge in [0.15, 0.2) is 11.6 Å². The number of para-hydroxylation sites is 1. The molecule has 16 nitrogen and oxygen atoms in total. The molecule has 0 saturated carbocycles. The van der Waals surface area contributed by atoms with Gasteiger partial charge < -0.3 is 62.2 Å². The first kappa shape index (κ1) is 57.1. The number of thiazole rings is 1. The standard InChI is InChI=1S/C36H50N6O4S.C14H20N5O.C3H6.Y/c1-23(2)33(31-20-32(39-46-31)41-18-11-26(12-19-41)21-40-16-13-29(43)14-17-40)36(45)42-15-5-6-30(42)35(44)38-24(3)27-7-9-28(10-8-27)34-25(4)37-22-47-34;15-11(10-3-1-2-4-13(10)20)9-12(14(16)17)19-7-5-18-6-8-19;1-3-2;/h7-10,20,22-24,26,29-30,33,43H,5-6,11-19,21H2,1-4H3,(H,38,44);1-4,9,20H,5-8,15-17H2;3H,1H2,2H3;/q;-1;;/b;11-9-;;. The number of aryl methyl sites for hydroxylation is 1. The van der Waals surface area contributed by atoms with Gasteiger partial charge >= 0.3 is 0 Å². The fraction of sp³-hybridized carbons (Fsp3) is 0.509. The second-order valence-electron chi connectivity index (χ2n) is 19.1. The molecule has 0 bridgehead atoms. The number of nitrogens with two attached hydrogens (primary N) is 3. The topological polar surface area (TPSA) is 231 Å². The Labute approximate surface area is 450 Å². The average molecular weight is 1070 g/mol. The number of amides is 2. The first-order chi connectivity index (χ1) is 33.7. The van der Waals surface area contributed by atoms with Crippen molar-refractivity contribution in [2.45, 2.75) is 97.2 Å². The van der Waals surface area contributed by atoms with Gasteiger partial charge in [0.25, 0.3) is 0 Å². The molecule has 3 unspecified atom stereocenters. The van der Waals surface area contributed by atoms with Crippen molar-refractivity contribution in [1.82, 2.24) is 30.2 Å². The van der Waals surface area contributed by atoms with Gasteiger partial charge in [-0.25, -0.2) is 4.98 Å². The Kier molecular flexibility index (Phi) is 22.4. The van der Waals surface area contributed by atoms with Gasteiger partial charge in [0.05, 0.1) is 33.9 Å². The number of aromatic nitrogens is 2. The molecule has 9 N–H and O–H groups in total. The van der Waals surface area contributed by atoms with E-state index in [2.05, 4.69) is 66.3 Å².